The van der Waals surface area contributed by atoms with Crippen LogP contribution in [0.25, 0.3) is 0 Å². The summed E-state index contributed by atoms with van der Waals surface area (Å²) in [6, 6.07) is 7.75. The van der Waals surface area contributed by atoms with Crippen molar-refractivity contribution < 1.29 is 19.1 Å². The molecule has 9 atom stereocenters. The average molecular weight is 510 g/mol. The largest absolute Gasteiger partial charge is 0.493 e. The highest BCUT2D eigenvalue weighted by Gasteiger charge is 2.63. The van der Waals surface area contributed by atoms with Gasteiger partial charge >= 0.3 is 5.97 Å². The lowest BCUT2D eigenvalue weighted by Gasteiger charge is -2.64. The number of esters is 1. The summed E-state index contributed by atoms with van der Waals surface area (Å²) in [5.74, 6) is 5.32. The Morgan fingerprint density at radius 2 is 1.78 bits per heavy atom. The Labute approximate surface area is 223 Å². The minimum atomic E-state index is -0.171. The van der Waals surface area contributed by atoms with Crippen molar-refractivity contribution >= 4 is 11.9 Å². The highest BCUT2D eigenvalue weighted by Crippen LogP contribution is 2.68. The third kappa shape index (κ3) is 4.38. The second-order valence-corrected chi connectivity index (χ2v) is 13.4. The maximum Gasteiger partial charge on any atom is 0.311 e. The first-order valence-electron chi connectivity index (χ1n) is 14.7. The third-order valence-electron chi connectivity index (χ3n) is 11.8. The Kier molecular flexibility index (Phi) is 7.13. The van der Waals surface area contributed by atoms with Crippen LogP contribution in [-0.4, -0.2) is 37.0 Å². The zero-order chi connectivity index (χ0) is 26.5. The molecule has 0 N–H and O–H groups in total. The van der Waals surface area contributed by atoms with E-state index >= 15 is 0 Å². The molecule has 1 aromatic rings. The smallest absolute Gasteiger partial charge is 0.311 e. The first-order chi connectivity index (χ1) is 17.6. The molecule has 4 fully saturated rings. The fraction of sp³-hybridized carbons (Fsp3) is 0.750. The highest BCUT2D eigenvalue weighted by atomic mass is 16.6. The average Bonchev–Trinajstić information content (AvgIpc) is 3.24. The Hall–Kier alpha value is -2.04. The lowest BCUT2D eigenvalue weighted by Crippen LogP contribution is -2.63. The van der Waals surface area contributed by atoms with E-state index in [1.807, 2.05) is 18.2 Å². The molecule has 0 spiro atoms. The number of methoxy groups -OCH3 is 1. The van der Waals surface area contributed by atoms with Crippen molar-refractivity contribution in [1.29, 1.82) is 0 Å². The first kappa shape index (κ1) is 26.6. The van der Waals surface area contributed by atoms with E-state index in [1.54, 1.807) is 13.2 Å². The molecule has 1 unspecified atom stereocenters. The predicted molar refractivity (Wildman–Crippen MR) is 145 cm³/mol. The molecular formula is C32H47NO4. The van der Waals surface area contributed by atoms with Crippen LogP contribution in [0.1, 0.15) is 85.5 Å². The number of carbonyl (C=O) groups excluding carboxylic acids is 2. The number of ether oxygens (including phenoxy) is 2. The highest BCUT2D eigenvalue weighted by molar-refractivity contribution is 5.77. The monoisotopic (exact) mass is 509 g/mol. The minimum absolute atomic E-state index is 0.171. The van der Waals surface area contributed by atoms with Gasteiger partial charge in [0.05, 0.1) is 7.11 Å². The van der Waals surface area contributed by atoms with Crippen LogP contribution < -0.4 is 9.47 Å². The Morgan fingerprint density at radius 1 is 1.08 bits per heavy atom. The van der Waals surface area contributed by atoms with E-state index in [-0.39, 0.29) is 11.4 Å². The molecule has 1 saturated heterocycles. The molecular weight excluding hydrogens is 462 g/mol. The van der Waals surface area contributed by atoms with Gasteiger partial charge in [0.1, 0.15) is 0 Å². The summed E-state index contributed by atoms with van der Waals surface area (Å²) in [7, 11) is 3.65. The molecule has 4 aliphatic rings. The molecule has 5 heteroatoms. The van der Waals surface area contributed by atoms with Gasteiger partial charge < -0.3 is 14.4 Å². The molecule has 1 amide bonds. The van der Waals surface area contributed by atoms with E-state index in [2.05, 4.69) is 39.6 Å². The van der Waals surface area contributed by atoms with E-state index in [0.29, 0.717) is 59.5 Å². The number of nitrogens with zero attached hydrogens (tertiary/aromatic N) is 1. The number of amides is 1. The van der Waals surface area contributed by atoms with E-state index in [9.17, 15) is 9.59 Å². The number of fused-ring (bicyclic) bond motifs is 5. The van der Waals surface area contributed by atoms with Gasteiger partial charge in [0.2, 0.25) is 5.91 Å². The van der Waals surface area contributed by atoms with Crippen molar-refractivity contribution in [3.8, 4) is 11.5 Å². The van der Waals surface area contributed by atoms with Crippen molar-refractivity contribution in [2.24, 2.45) is 46.3 Å². The van der Waals surface area contributed by atoms with Crippen LogP contribution in [-0.2, 0) is 9.59 Å². The summed E-state index contributed by atoms with van der Waals surface area (Å²) in [6.45, 7) is 9.92. The van der Waals surface area contributed by atoms with Gasteiger partial charge in [0.25, 0.3) is 0 Å². The fourth-order valence-electron chi connectivity index (χ4n) is 9.86. The number of carbonyl (C=O) groups is 2. The maximum atomic E-state index is 12.7. The molecule has 1 aliphatic heterocycles. The molecule has 1 heterocycles. The second kappa shape index (κ2) is 9.93. The van der Waals surface area contributed by atoms with Gasteiger partial charge in [-0.3, -0.25) is 9.59 Å². The van der Waals surface area contributed by atoms with E-state index in [0.717, 1.165) is 37.0 Å². The number of piperidine rings is 1. The minimum Gasteiger partial charge on any atom is -0.493 e. The van der Waals surface area contributed by atoms with E-state index < -0.39 is 0 Å². The molecule has 1 aromatic carbocycles. The number of likely N-dealkylation sites (tertiary alicyclic amines) is 1. The van der Waals surface area contributed by atoms with Gasteiger partial charge in [-0.25, -0.2) is 0 Å². The maximum absolute atomic E-state index is 12.7. The molecule has 5 nitrogen and oxygen atoms in total. The van der Waals surface area contributed by atoms with Crippen molar-refractivity contribution in [2.75, 3.05) is 14.2 Å². The van der Waals surface area contributed by atoms with Gasteiger partial charge in [-0.05, 0) is 103 Å². The quantitative estimate of drug-likeness (QED) is 0.315. The zero-order valence-electron chi connectivity index (χ0n) is 23.8. The number of rotatable bonds is 6. The van der Waals surface area contributed by atoms with Crippen molar-refractivity contribution in [3.05, 3.63) is 24.3 Å². The van der Waals surface area contributed by atoms with Gasteiger partial charge in [0.15, 0.2) is 11.5 Å². The van der Waals surface area contributed by atoms with Crippen LogP contribution in [0.15, 0.2) is 24.3 Å². The number of hydrogen-bond donors (Lipinski definition) is 0. The van der Waals surface area contributed by atoms with Gasteiger partial charge in [-0.15, -0.1) is 0 Å². The molecule has 3 saturated carbocycles. The standard InChI is InChI=1S/C32H47NO4/c1-20(11-14-29(35)37-26-10-8-7-9-25(26)36-6)22-12-13-23-30-21(2)19-27-32(4,18-16-28(34)33(27)5)24(30)15-17-31(22,23)3/h7-10,20-24,27,30H,11-19H2,1-6H3/t20-,21?,22-,23+,24+,27-,30+,31-,32-/m1/s1. The second-order valence-electron chi connectivity index (χ2n) is 13.4. The SMILES string of the molecule is COc1ccccc1OC(=O)CC[C@@H](C)[C@H]1CC[C@H]2[C@@H]3C(C)C[C@H]4N(C)C(=O)CC[C@]4(C)[C@H]3CC[C@]12C. The topological polar surface area (TPSA) is 55.8 Å². The van der Waals surface area contributed by atoms with Crippen LogP contribution in [0.5, 0.6) is 11.5 Å². The molecule has 204 valence electrons. The van der Waals surface area contributed by atoms with E-state index in [4.69, 9.17) is 9.47 Å². The summed E-state index contributed by atoms with van der Waals surface area (Å²) in [5.41, 5.74) is 0.605. The molecule has 0 aromatic heterocycles. The molecule has 37 heavy (non-hydrogen) atoms. The van der Waals surface area contributed by atoms with Gasteiger partial charge in [-0.1, -0.05) is 39.8 Å². The third-order valence-corrected chi connectivity index (χ3v) is 11.8. The van der Waals surface area contributed by atoms with Gasteiger partial charge in [0, 0.05) is 25.9 Å². The molecule has 3 aliphatic carbocycles. The summed E-state index contributed by atoms with van der Waals surface area (Å²) >= 11 is 0. The fourth-order valence-corrected chi connectivity index (χ4v) is 9.86. The van der Waals surface area contributed by atoms with Crippen molar-refractivity contribution in [3.63, 3.8) is 0 Å². The van der Waals surface area contributed by atoms with Crippen LogP contribution in [0.3, 0.4) is 0 Å². The van der Waals surface area contributed by atoms with Crippen LogP contribution in [0.2, 0.25) is 0 Å². The summed E-state index contributed by atoms with van der Waals surface area (Å²) < 4.78 is 11.0. The van der Waals surface area contributed by atoms with Crippen LogP contribution in [0, 0.1) is 46.3 Å². The summed E-state index contributed by atoms with van der Waals surface area (Å²) in [4.78, 5) is 27.4. The summed E-state index contributed by atoms with van der Waals surface area (Å²) in [6.07, 6.45) is 9.41. The Bertz CT molecular complexity index is 1020. The van der Waals surface area contributed by atoms with Crippen molar-refractivity contribution in [1.82, 2.24) is 4.90 Å². The van der Waals surface area contributed by atoms with E-state index in [1.165, 1.54) is 25.7 Å². The van der Waals surface area contributed by atoms with Gasteiger partial charge in [-0.2, -0.15) is 0 Å². The normalized spacial score (nSPS) is 39.8. The first-order valence-corrected chi connectivity index (χ1v) is 14.7. The summed E-state index contributed by atoms with van der Waals surface area (Å²) in [5, 5.41) is 0. The number of hydrogen-bond acceptors (Lipinski definition) is 4. The Balaban J connectivity index is 1.25. The van der Waals surface area contributed by atoms with Crippen molar-refractivity contribution in [2.45, 2.75) is 91.5 Å². The number of benzene rings is 1. The lowest BCUT2D eigenvalue weighted by molar-refractivity contribution is -0.167. The predicted octanol–water partition coefficient (Wildman–Crippen LogP) is 6.74. The molecule has 0 bridgehead atoms. The molecule has 5 rings (SSSR count). The number of para-hydroxylation sites is 2. The molecule has 0 radical (unpaired) electrons. The van der Waals surface area contributed by atoms with Crippen LogP contribution in [0.4, 0.5) is 0 Å². The lowest BCUT2D eigenvalue weighted by atomic mass is 9.44. The van der Waals surface area contributed by atoms with Crippen LogP contribution >= 0.6 is 0 Å². The zero-order valence-corrected chi connectivity index (χ0v) is 23.8. The Morgan fingerprint density at radius 3 is 2.51 bits per heavy atom.